The molecular weight excluding hydrogens is 200 g/mol. The van der Waals surface area contributed by atoms with Gasteiger partial charge in [0.1, 0.15) is 12.4 Å². The second kappa shape index (κ2) is 9.22. The number of hydrogen-bond donors (Lipinski definition) is 0. The minimum absolute atomic E-state index is 0.624. The molecule has 0 saturated carbocycles. The van der Waals surface area contributed by atoms with Crippen LogP contribution in [-0.2, 0) is 4.74 Å². The Morgan fingerprint density at radius 2 is 1.69 bits per heavy atom. The molecule has 0 bridgehead atoms. The summed E-state index contributed by atoms with van der Waals surface area (Å²) in [7, 11) is 0. The molecule has 1 rings (SSSR count). The first-order valence-corrected chi connectivity index (χ1v) is 5.98. The van der Waals surface area contributed by atoms with E-state index in [0.29, 0.717) is 13.2 Å². The van der Waals surface area contributed by atoms with Gasteiger partial charge in [0.2, 0.25) is 0 Å². The third-order valence-corrected chi connectivity index (χ3v) is 2.28. The standard InChI is InChI=1S/C14H21O2/c1-2-3-4-8-11-15-12-13-16-14-9-6-5-7-10-14/h5-7,9-10H,1-4,8,11-13H2. The normalized spacial score (nSPS) is 10.3. The van der Waals surface area contributed by atoms with E-state index in [1.165, 1.54) is 12.8 Å². The molecule has 1 aromatic carbocycles. The van der Waals surface area contributed by atoms with Crippen LogP contribution in [0.25, 0.3) is 0 Å². The van der Waals surface area contributed by atoms with Crippen molar-refractivity contribution in [2.45, 2.75) is 25.7 Å². The summed E-state index contributed by atoms with van der Waals surface area (Å²) < 4.78 is 11.0. The topological polar surface area (TPSA) is 18.5 Å². The average Bonchev–Trinajstić information content (AvgIpc) is 2.34. The summed E-state index contributed by atoms with van der Waals surface area (Å²) in [5.41, 5.74) is 0. The molecule has 0 aliphatic heterocycles. The minimum Gasteiger partial charge on any atom is -0.491 e. The highest BCUT2D eigenvalue weighted by molar-refractivity contribution is 5.20. The summed E-state index contributed by atoms with van der Waals surface area (Å²) >= 11 is 0. The largest absolute Gasteiger partial charge is 0.491 e. The molecule has 0 fully saturated rings. The fourth-order valence-electron chi connectivity index (χ4n) is 1.39. The van der Waals surface area contributed by atoms with Crippen molar-refractivity contribution >= 4 is 0 Å². The Hall–Kier alpha value is -1.02. The van der Waals surface area contributed by atoms with E-state index in [2.05, 4.69) is 6.92 Å². The van der Waals surface area contributed by atoms with Crippen molar-refractivity contribution in [3.63, 3.8) is 0 Å². The van der Waals surface area contributed by atoms with E-state index in [1.54, 1.807) is 0 Å². The summed E-state index contributed by atoms with van der Waals surface area (Å²) in [6, 6.07) is 9.82. The van der Waals surface area contributed by atoms with Crippen LogP contribution < -0.4 is 4.74 Å². The lowest BCUT2D eigenvalue weighted by molar-refractivity contribution is 0.0972. The predicted octanol–water partition coefficient (Wildman–Crippen LogP) is 3.48. The number of para-hydroxylation sites is 1. The molecule has 0 atom stereocenters. The number of benzene rings is 1. The Kier molecular flexibility index (Phi) is 7.52. The Bertz CT molecular complexity index is 246. The first-order valence-electron chi connectivity index (χ1n) is 5.98. The Labute approximate surface area is 98.6 Å². The number of hydrogen-bond acceptors (Lipinski definition) is 2. The average molecular weight is 221 g/mol. The number of ether oxygens (including phenoxy) is 2. The predicted molar refractivity (Wildman–Crippen MR) is 66.6 cm³/mol. The van der Waals surface area contributed by atoms with Gasteiger partial charge in [0.25, 0.3) is 0 Å². The first-order chi connectivity index (χ1) is 7.93. The van der Waals surface area contributed by atoms with Gasteiger partial charge < -0.3 is 9.47 Å². The van der Waals surface area contributed by atoms with Crippen molar-refractivity contribution in [2.24, 2.45) is 0 Å². The van der Waals surface area contributed by atoms with E-state index in [1.807, 2.05) is 30.3 Å². The number of rotatable bonds is 9. The zero-order valence-electron chi connectivity index (χ0n) is 9.86. The monoisotopic (exact) mass is 221 g/mol. The van der Waals surface area contributed by atoms with Gasteiger partial charge in [-0.05, 0) is 18.6 Å². The summed E-state index contributed by atoms with van der Waals surface area (Å²) in [5.74, 6) is 0.906. The molecule has 0 heterocycles. The Morgan fingerprint density at radius 3 is 2.44 bits per heavy atom. The third-order valence-electron chi connectivity index (χ3n) is 2.28. The van der Waals surface area contributed by atoms with Crippen molar-refractivity contribution < 1.29 is 9.47 Å². The van der Waals surface area contributed by atoms with Crippen molar-refractivity contribution in [1.82, 2.24) is 0 Å². The molecule has 1 aromatic rings. The molecule has 0 amide bonds. The fourth-order valence-corrected chi connectivity index (χ4v) is 1.39. The van der Waals surface area contributed by atoms with Crippen LogP contribution in [0.15, 0.2) is 30.3 Å². The lowest BCUT2D eigenvalue weighted by Gasteiger charge is -2.06. The van der Waals surface area contributed by atoms with Crippen molar-refractivity contribution in [3.05, 3.63) is 37.3 Å². The van der Waals surface area contributed by atoms with Gasteiger partial charge in [-0.1, -0.05) is 44.4 Å². The second-order valence-corrected chi connectivity index (χ2v) is 3.69. The zero-order valence-corrected chi connectivity index (χ0v) is 9.86. The third kappa shape index (κ3) is 6.46. The van der Waals surface area contributed by atoms with Gasteiger partial charge in [-0.3, -0.25) is 0 Å². The highest BCUT2D eigenvalue weighted by Crippen LogP contribution is 2.07. The molecule has 0 spiro atoms. The molecule has 2 nitrogen and oxygen atoms in total. The molecule has 0 N–H and O–H groups in total. The second-order valence-electron chi connectivity index (χ2n) is 3.69. The maximum atomic E-state index is 5.50. The lowest BCUT2D eigenvalue weighted by Crippen LogP contribution is -2.07. The van der Waals surface area contributed by atoms with Crippen LogP contribution in [0.2, 0.25) is 0 Å². The quantitative estimate of drug-likeness (QED) is 0.594. The van der Waals surface area contributed by atoms with Crippen LogP contribution in [-0.4, -0.2) is 19.8 Å². The van der Waals surface area contributed by atoms with Crippen LogP contribution in [0.1, 0.15) is 25.7 Å². The van der Waals surface area contributed by atoms with Crippen molar-refractivity contribution in [2.75, 3.05) is 19.8 Å². The fraction of sp³-hybridized carbons (Fsp3) is 0.500. The van der Waals surface area contributed by atoms with Crippen LogP contribution in [0.3, 0.4) is 0 Å². The Balaban J connectivity index is 1.89. The van der Waals surface area contributed by atoms with E-state index in [0.717, 1.165) is 25.2 Å². The van der Waals surface area contributed by atoms with Gasteiger partial charge in [-0.2, -0.15) is 0 Å². The van der Waals surface area contributed by atoms with Gasteiger partial charge in [-0.15, -0.1) is 0 Å². The van der Waals surface area contributed by atoms with Gasteiger partial charge in [-0.25, -0.2) is 0 Å². The van der Waals surface area contributed by atoms with E-state index >= 15 is 0 Å². The highest BCUT2D eigenvalue weighted by Gasteiger charge is 1.92. The lowest BCUT2D eigenvalue weighted by atomic mass is 10.2. The molecular formula is C14H21O2. The molecule has 1 radical (unpaired) electrons. The summed E-state index contributed by atoms with van der Waals surface area (Å²) in [5, 5.41) is 0. The molecule has 2 heteroatoms. The van der Waals surface area contributed by atoms with Crippen LogP contribution >= 0.6 is 0 Å². The smallest absolute Gasteiger partial charge is 0.119 e. The van der Waals surface area contributed by atoms with E-state index < -0.39 is 0 Å². The molecule has 0 saturated heterocycles. The van der Waals surface area contributed by atoms with Gasteiger partial charge in [0.15, 0.2) is 0 Å². The van der Waals surface area contributed by atoms with E-state index in [9.17, 15) is 0 Å². The van der Waals surface area contributed by atoms with Crippen molar-refractivity contribution in [3.8, 4) is 5.75 Å². The summed E-state index contributed by atoms with van der Waals surface area (Å²) in [6.45, 7) is 5.93. The van der Waals surface area contributed by atoms with Gasteiger partial charge in [0, 0.05) is 6.61 Å². The van der Waals surface area contributed by atoms with E-state index in [-0.39, 0.29) is 0 Å². The van der Waals surface area contributed by atoms with Crippen molar-refractivity contribution in [1.29, 1.82) is 0 Å². The molecule has 0 aromatic heterocycles. The van der Waals surface area contributed by atoms with Crippen LogP contribution in [0.5, 0.6) is 5.75 Å². The zero-order chi connectivity index (χ0) is 11.5. The van der Waals surface area contributed by atoms with Crippen LogP contribution in [0.4, 0.5) is 0 Å². The highest BCUT2D eigenvalue weighted by atomic mass is 16.5. The maximum Gasteiger partial charge on any atom is 0.119 e. The molecule has 89 valence electrons. The van der Waals surface area contributed by atoms with E-state index in [4.69, 9.17) is 9.47 Å². The molecule has 16 heavy (non-hydrogen) atoms. The van der Waals surface area contributed by atoms with Crippen LogP contribution in [0, 0.1) is 6.92 Å². The summed E-state index contributed by atoms with van der Waals surface area (Å²) in [4.78, 5) is 0. The molecule has 0 unspecified atom stereocenters. The molecule has 0 aliphatic carbocycles. The maximum absolute atomic E-state index is 5.50. The van der Waals surface area contributed by atoms with Gasteiger partial charge >= 0.3 is 0 Å². The summed E-state index contributed by atoms with van der Waals surface area (Å²) in [6.07, 6.45) is 4.56. The molecule has 0 aliphatic rings. The van der Waals surface area contributed by atoms with Gasteiger partial charge in [0.05, 0.1) is 6.61 Å². The minimum atomic E-state index is 0.624. The first kappa shape index (κ1) is 13.0. The Morgan fingerprint density at radius 1 is 0.875 bits per heavy atom. The number of unbranched alkanes of at least 4 members (excludes halogenated alkanes) is 3. The SMILES string of the molecule is [CH2]CCCCCOCCOc1ccccc1.